The van der Waals surface area contributed by atoms with Crippen molar-refractivity contribution in [3.8, 4) is 6.01 Å². The summed E-state index contributed by atoms with van der Waals surface area (Å²) in [5, 5.41) is 14.8. The van der Waals surface area contributed by atoms with Crippen molar-refractivity contribution in [3.05, 3.63) is 94.0 Å². The summed E-state index contributed by atoms with van der Waals surface area (Å²) in [6, 6.07) is 18.4. The molecule has 1 fully saturated rings. The molecular weight excluding hydrogens is 701 g/mol. The Morgan fingerprint density at radius 2 is 1.50 bits per heavy atom. The normalized spacial score (nSPS) is 13.5. The van der Waals surface area contributed by atoms with E-state index in [9.17, 15) is 27.6 Å². The predicted molar refractivity (Wildman–Crippen MR) is 191 cm³/mol. The molecule has 1 saturated carbocycles. The van der Waals surface area contributed by atoms with Crippen molar-refractivity contribution in [2.45, 2.75) is 52.3 Å². The van der Waals surface area contributed by atoms with Gasteiger partial charge in [-0.15, -0.1) is 0 Å². The number of hydrogen-bond acceptors (Lipinski definition) is 9. The molecule has 52 heavy (non-hydrogen) atoms. The Kier molecular flexibility index (Phi) is 11.2. The summed E-state index contributed by atoms with van der Waals surface area (Å²) in [7, 11) is 0. The Bertz CT molecular complexity index is 1940. The maximum absolute atomic E-state index is 12.9. The number of alkyl halides is 3. The first-order valence-corrected chi connectivity index (χ1v) is 16.7. The number of carbonyl (C=O) groups is 3. The lowest BCUT2D eigenvalue weighted by Crippen LogP contribution is -2.45. The molecule has 4 aromatic rings. The van der Waals surface area contributed by atoms with Crippen molar-refractivity contribution in [2.75, 3.05) is 35.6 Å². The van der Waals surface area contributed by atoms with Gasteiger partial charge in [-0.25, -0.2) is 0 Å². The molecule has 1 aromatic heterocycles. The van der Waals surface area contributed by atoms with E-state index >= 15 is 0 Å². The van der Waals surface area contributed by atoms with Crippen LogP contribution in [0, 0.1) is 19.3 Å². The monoisotopic (exact) mass is 738 g/mol. The molecule has 3 aromatic carbocycles. The van der Waals surface area contributed by atoms with Crippen molar-refractivity contribution >= 4 is 52.6 Å². The Hall–Kier alpha value is -5.44. The van der Waals surface area contributed by atoms with Crippen LogP contribution in [0.5, 0.6) is 6.01 Å². The molecule has 0 spiro atoms. The number of nitrogens with zero attached hydrogens (tertiary/aromatic N) is 3. The molecule has 0 aliphatic heterocycles. The van der Waals surface area contributed by atoms with Gasteiger partial charge in [0.15, 0.2) is 6.61 Å². The quantitative estimate of drug-likeness (QED) is 0.0974. The molecule has 0 unspecified atom stereocenters. The van der Waals surface area contributed by atoms with Gasteiger partial charge in [0.1, 0.15) is 0 Å². The zero-order valence-corrected chi connectivity index (χ0v) is 29.6. The summed E-state index contributed by atoms with van der Waals surface area (Å²) in [4.78, 5) is 50.2. The third kappa shape index (κ3) is 10.5. The zero-order valence-electron chi connectivity index (χ0n) is 28.9. The van der Waals surface area contributed by atoms with Crippen LogP contribution >= 0.6 is 11.6 Å². The number of aryl methyl sites for hydroxylation is 2. The fraction of sp³-hybridized carbons (Fsp3) is 0.333. The molecule has 5 rings (SSSR count). The largest absolute Gasteiger partial charge is 0.454 e. The van der Waals surface area contributed by atoms with Gasteiger partial charge in [0.25, 0.3) is 5.91 Å². The average Bonchev–Trinajstić information content (AvgIpc) is 3.87. The minimum absolute atomic E-state index is 0.0129. The van der Waals surface area contributed by atoms with Crippen LogP contribution < -0.4 is 31.3 Å². The molecule has 3 amide bonds. The van der Waals surface area contributed by atoms with E-state index in [-0.39, 0.29) is 30.9 Å². The van der Waals surface area contributed by atoms with Crippen LogP contribution in [0.1, 0.15) is 53.7 Å². The fourth-order valence-electron chi connectivity index (χ4n) is 5.12. The molecule has 12 nitrogen and oxygen atoms in total. The predicted octanol–water partition coefficient (Wildman–Crippen LogP) is 6.44. The number of nitrogens with one attached hydrogen (secondary N) is 5. The molecule has 0 atom stereocenters. The number of rotatable bonds is 13. The molecule has 274 valence electrons. The van der Waals surface area contributed by atoms with Crippen molar-refractivity contribution in [3.63, 3.8) is 0 Å². The van der Waals surface area contributed by atoms with Gasteiger partial charge >= 0.3 is 24.0 Å². The summed E-state index contributed by atoms with van der Waals surface area (Å²) >= 11 is 6.03. The number of hydrogen-bond donors (Lipinski definition) is 5. The van der Waals surface area contributed by atoms with E-state index in [4.69, 9.17) is 16.3 Å². The highest BCUT2D eigenvalue weighted by Gasteiger charge is 2.45. The lowest BCUT2D eigenvalue weighted by Gasteiger charge is -2.25. The van der Waals surface area contributed by atoms with Crippen LogP contribution in [0.4, 0.5) is 36.4 Å². The number of aromatic nitrogens is 3. The first-order valence-electron chi connectivity index (χ1n) is 16.3. The van der Waals surface area contributed by atoms with Gasteiger partial charge < -0.3 is 31.3 Å². The van der Waals surface area contributed by atoms with E-state index in [1.54, 1.807) is 42.5 Å². The van der Waals surface area contributed by atoms with Crippen molar-refractivity contribution in [2.24, 2.45) is 5.41 Å². The van der Waals surface area contributed by atoms with E-state index in [2.05, 4.69) is 41.5 Å². The number of benzene rings is 3. The van der Waals surface area contributed by atoms with Gasteiger partial charge in [-0.1, -0.05) is 55.3 Å². The topological polar surface area (TPSA) is 159 Å². The van der Waals surface area contributed by atoms with E-state index in [0.29, 0.717) is 22.0 Å². The van der Waals surface area contributed by atoms with E-state index < -0.39 is 41.6 Å². The number of anilines is 4. The van der Waals surface area contributed by atoms with Crippen molar-refractivity contribution in [1.82, 2.24) is 25.6 Å². The number of amides is 3. The number of halogens is 4. The third-order valence-corrected chi connectivity index (χ3v) is 8.42. The maximum atomic E-state index is 12.9. The summed E-state index contributed by atoms with van der Waals surface area (Å²) in [6.07, 6.45) is -3.13. The van der Waals surface area contributed by atoms with Crippen LogP contribution in [-0.2, 0) is 15.1 Å². The third-order valence-electron chi connectivity index (χ3n) is 8.17. The van der Waals surface area contributed by atoms with E-state index in [0.717, 1.165) is 29.5 Å². The van der Waals surface area contributed by atoms with Gasteiger partial charge in [-0.05, 0) is 85.7 Å². The van der Waals surface area contributed by atoms with Gasteiger partial charge in [0.05, 0.1) is 5.54 Å². The molecular formula is C36H38ClF3N8O4. The van der Waals surface area contributed by atoms with E-state index in [1.807, 2.05) is 52.0 Å². The van der Waals surface area contributed by atoms with Crippen LogP contribution in [0.25, 0.3) is 0 Å². The lowest BCUT2D eigenvalue weighted by atomic mass is 9.93. The minimum atomic E-state index is -4.61. The highest BCUT2D eigenvalue weighted by atomic mass is 35.5. The Labute approximate surface area is 303 Å². The Balaban J connectivity index is 1.17. The SMILES string of the molecule is Cc1ccc(NC(=O)C(=O)NCC(C)(C)CNC(=O)c2ccc(Nc3nc(NC4(c5ccc(Cl)cc5)CC4)nc(OCC(F)(F)F)n3)cc2)c(C)c1. The van der Waals surface area contributed by atoms with Gasteiger partial charge in [-0.2, -0.15) is 28.1 Å². The summed E-state index contributed by atoms with van der Waals surface area (Å²) in [5.74, 6) is -2.04. The van der Waals surface area contributed by atoms with E-state index in [1.165, 1.54) is 0 Å². The minimum Gasteiger partial charge on any atom is -0.454 e. The fourth-order valence-corrected chi connectivity index (χ4v) is 5.25. The molecule has 0 saturated heterocycles. The standard InChI is InChI=1S/C36H38ClF3N8O4/c1-21-5-14-27(22(2)17-21)44-30(51)29(50)42-19-34(3,4)18-41-28(49)23-6-12-26(13-7-23)43-31-45-32(47-33(46-31)52-20-36(38,39)40)48-35(15-16-35)24-8-10-25(37)11-9-24/h5-14,17H,15-16,18-20H2,1-4H3,(H,41,49)(H,42,50)(H,44,51)(H2,43,45,46,47,48). The molecule has 5 N–H and O–H groups in total. The smallest absolute Gasteiger partial charge is 0.422 e. The van der Waals surface area contributed by atoms with Gasteiger partial charge in [-0.3, -0.25) is 14.4 Å². The van der Waals surface area contributed by atoms with Crippen molar-refractivity contribution < 1.29 is 32.3 Å². The van der Waals surface area contributed by atoms with Crippen LogP contribution in [0.15, 0.2) is 66.7 Å². The summed E-state index contributed by atoms with van der Waals surface area (Å²) in [6.45, 7) is 6.14. The Morgan fingerprint density at radius 1 is 0.846 bits per heavy atom. The second-order valence-corrected chi connectivity index (χ2v) is 13.8. The molecule has 1 aliphatic rings. The summed E-state index contributed by atoms with van der Waals surface area (Å²) in [5.41, 5.74) is 2.98. The van der Waals surface area contributed by atoms with Crippen LogP contribution in [0.2, 0.25) is 5.02 Å². The van der Waals surface area contributed by atoms with Gasteiger partial charge in [0, 0.05) is 35.1 Å². The zero-order chi connectivity index (χ0) is 37.7. The Morgan fingerprint density at radius 3 is 2.13 bits per heavy atom. The maximum Gasteiger partial charge on any atom is 0.422 e. The second-order valence-electron chi connectivity index (χ2n) is 13.4. The van der Waals surface area contributed by atoms with Crippen molar-refractivity contribution in [1.29, 1.82) is 0 Å². The first kappa shape index (κ1) is 37.8. The lowest BCUT2D eigenvalue weighted by molar-refractivity contribution is -0.154. The molecule has 0 bridgehead atoms. The summed E-state index contributed by atoms with van der Waals surface area (Å²) < 4.78 is 43.6. The van der Waals surface area contributed by atoms with Crippen LogP contribution in [0.3, 0.4) is 0 Å². The number of carbonyl (C=O) groups excluding carboxylic acids is 3. The highest BCUT2D eigenvalue weighted by molar-refractivity contribution is 6.39. The average molecular weight is 739 g/mol. The molecule has 0 radical (unpaired) electrons. The molecule has 16 heteroatoms. The number of ether oxygens (including phenoxy) is 1. The molecule has 1 heterocycles. The highest BCUT2D eigenvalue weighted by Crippen LogP contribution is 2.48. The van der Waals surface area contributed by atoms with Crippen LogP contribution in [-0.4, -0.2) is 58.5 Å². The molecule has 1 aliphatic carbocycles. The first-order chi connectivity index (χ1) is 24.5. The second kappa shape index (κ2) is 15.4. The van der Waals surface area contributed by atoms with Gasteiger partial charge in [0.2, 0.25) is 11.9 Å².